The van der Waals surface area contributed by atoms with E-state index in [1.54, 1.807) is 47.4 Å². The first-order chi connectivity index (χ1) is 14.8. The Bertz CT molecular complexity index is 1030. The van der Waals surface area contributed by atoms with E-state index in [0.29, 0.717) is 34.6 Å². The van der Waals surface area contributed by atoms with E-state index in [1.807, 2.05) is 6.92 Å². The molecule has 1 aliphatic heterocycles. The van der Waals surface area contributed by atoms with Gasteiger partial charge in [-0.1, -0.05) is 25.1 Å². The van der Waals surface area contributed by atoms with E-state index in [9.17, 15) is 14.4 Å². The average molecular weight is 488 g/mol. The molecule has 0 aliphatic carbocycles. The van der Waals surface area contributed by atoms with Gasteiger partial charge in [-0.3, -0.25) is 14.4 Å². The number of pyridine rings is 1. The van der Waals surface area contributed by atoms with Gasteiger partial charge in [-0.25, -0.2) is 10.4 Å². The molecule has 0 unspecified atom stereocenters. The molecule has 1 aliphatic rings. The van der Waals surface area contributed by atoms with Crippen molar-refractivity contribution in [3.05, 3.63) is 52.6 Å². The first kappa shape index (κ1) is 22.4. The molecule has 0 bridgehead atoms. The quantitative estimate of drug-likeness (QED) is 0.325. The van der Waals surface area contributed by atoms with Gasteiger partial charge in [0.2, 0.25) is 11.8 Å². The van der Waals surface area contributed by atoms with Gasteiger partial charge in [0.05, 0.1) is 12.1 Å². The minimum Gasteiger partial charge on any atom is -0.375 e. The van der Waals surface area contributed by atoms with E-state index >= 15 is 0 Å². The Labute approximate surface area is 188 Å². The maximum atomic E-state index is 12.9. The Hall–Kier alpha value is -3.27. The van der Waals surface area contributed by atoms with Crippen molar-refractivity contribution in [1.82, 2.24) is 9.88 Å². The molecule has 1 aromatic heterocycles. The number of benzene rings is 1. The number of rotatable bonds is 7. The Kier molecular flexibility index (Phi) is 7.01. The van der Waals surface area contributed by atoms with Crippen molar-refractivity contribution >= 4 is 50.9 Å². The number of hydrogen-bond donors (Lipinski definition) is 4. The van der Waals surface area contributed by atoms with Gasteiger partial charge in [0.25, 0.3) is 5.71 Å². The minimum atomic E-state index is -0.744. The normalized spacial score (nSPS) is 17.8. The number of primary amides is 1. The number of halogens is 1. The van der Waals surface area contributed by atoms with Crippen LogP contribution in [0.25, 0.3) is 0 Å². The third-order valence-electron chi connectivity index (χ3n) is 5.01. The van der Waals surface area contributed by atoms with Crippen LogP contribution in [-0.4, -0.2) is 52.4 Å². The van der Waals surface area contributed by atoms with Crippen molar-refractivity contribution in [2.75, 3.05) is 23.7 Å². The second-order valence-electron chi connectivity index (χ2n) is 7.41. The zero-order valence-electron chi connectivity index (χ0n) is 17.0. The van der Waals surface area contributed by atoms with Gasteiger partial charge in [0, 0.05) is 12.2 Å². The smallest absolute Gasteiger partial charge is 0.313 e. The summed E-state index contributed by atoms with van der Waals surface area (Å²) in [6.07, 6.45) is 0.560. The molecule has 3 amide bonds. The lowest BCUT2D eigenvalue weighted by atomic mass is 10.1. The number of amides is 3. The summed E-state index contributed by atoms with van der Waals surface area (Å²) in [6.45, 7) is 2.41. The third-order valence-corrected chi connectivity index (χ3v) is 5.45. The summed E-state index contributed by atoms with van der Waals surface area (Å²) in [5, 5.41) is 11.6. The lowest BCUT2D eigenvalue weighted by Crippen LogP contribution is -2.49. The molecular formula is C21H24BrN6O3+. The number of nitrogens with zero attached hydrogens (tertiary/aromatic N) is 2. The van der Waals surface area contributed by atoms with E-state index in [2.05, 4.69) is 31.5 Å². The second kappa shape index (κ2) is 9.69. The largest absolute Gasteiger partial charge is 0.375 e. The van der Waals surface area contributed by atoms with E-state index in [1.165, 1.54) is 0 Å². The van der Waals surface area contributed by atoms with Crippen molar-refractivity contribution in [3.8, 4) is 0 Å². The number of carbonyl (C=O) groups excluding carboxylic acids is 3. The monoisotopic (exact) mass is 487 g/mol. The van der Waals surface area contributed by atoms with Crippen LogP contribution in [0.4, 0.5) is 11.5 Å². The molecule has 6 N–H and O–H groups in total. The van der Waals surface area contributed by atoms with Crippen molar-refractivity contribution in [3.63, 3.8) is 0 Å². The molecule has 162 valence electrons. The summed E-state index contributed by atoms with van der Waals surface area (Å²) in [5.74, 6) is -0.668. The zero-order chi connectivity index (χ0) is 22.5. The molecule has 0 spiro atoms. The standard InChI is InChI=1S/C21H23BrN6O3/c1-12-9-15(21(31)27-17-8-4-7-16(22)26-17)28(11-12)18(29)10-25-14-6-3-2-5-13(14)19(23)20(24)30/h2-8,12,15,23,25H,9-11H2,1H3,(H2,24,30)(H,26,27,31)/p+1/t12-,15-/m0/s1. The topological polar surface area (TPSA) is 143 Å². The van der Waals surface area contributed by atoms with Gasteiger partial charge < -0.3 is 21.3 Å². The van der Waals surface area contributed by atoms with Crippen molar-refractivity contribution in [1.29, 1.82) is 0 Å². The molecule has 3 rings (SSSR count). The summed E-state index contributed by atoms with van der Waals surface area (Å²) in [4.78, 5) is 43.0. The highest BCUT2D eigenvalue weighted by Crippen LogP contribution is 2.25. The predicted octanol–water partition coefficient (Wildman–Crippen LogP) is 0.165. The van der Waals surface area contributed by atoms with Crippen LogP contribution in [0.3, 0.4) is 0 Å². The first-order valence-corrected chi connectivity index (χ1v) is 10.5. The van der Waals surface area contributed by atoms with Crippen LogP contribution in [0.5, 0.6) is 0 Å². The first-order valence-electron chi connectivity index (χ1n) is 9.74. The fourth-order valence-corrected chi connectivity index (χ4v) is 3.88. The zero-order valence-corrected chi connectivity index (χ0v) is 18.6. The van der Waals surface area contributed by atoms with Gasteiger partial charge >= 0.3 is 5.91 Å². The lowest BCUT2D eigenvalue weighted by Gasteiger charge is -2.24. The molecule has 9 nitrogen and oxygen atoms in total. The highest BCUT2D eigenvalue weighted by Gasteiger charge is 2.37. The molecule has 0 saturated carbocycles. The van der Waals surface area contributed by atoms with Gasteiger partial charge in [-0.2, -0.15) is 0 Å². The van der Waals surface area contributed by atoms with Crippen molar-refractivity contribution in [2.24, 2.45) is 11.7 Å². The molecule has 0 radical (unpaired) electrons. The van der Waals surface area contributed by atoms with E-state index in [0.717, 1.165) is 0 Å². The molecule has 10 heteroatoms. The van der Waals surface area contributed by atoms with Gasteiger partial charge in [0.1, 0.15) is 16.5 Å². The van der Waals surface area contributed by atoms with Crippen LogP contribution in [0.1, 0.15) is 18.9 Å². The Morgan fingerprint density at radius 1 is 1.23 bits per heavy atom. The molecule has 2 aromatic rings. The lowest BCUT2D eigenvalue weighted by molar-refractivity contribution is -0.135. The number of nitrogens with two attached hydrogens (primary N) is 2. The molecule has 2 atom stereocenters. The van der Waals surface area contributed by atoms with Crippen LogP contribution in [0, 0.1) is 5.92 Å². The Morgan fingerprint density at radius 3 is 2.68 bits per heavy atom. The van der Waals surface area contributed by atoms with Crippen LogP contribution in [0.2, 0.25) is 0 Å². The Balaban J connectivity index is 1.68. The molecule has 1 fully saturated rings. The van der Waals surface area contributed by atoms with Crippen molar-refractivity contribution in [2.45, 2.75) is 19.4 Å². The number of aromatic nitrogens is 1. The fourth-order valence-electron chi connectivity index (χ4n) is 3.53. The van der Waals surface area contributed by atoms with E-state index in [4.69, 9.17) is 11.1 Å². The molecular weight excluding hydrogens is 464 g/mol. The summed E-state index contributed by atoms with van der Waals surface area (Å²) < 4.78 is 0.605. The molecule has 1 saturated heterocycles. The number of hydrogen-bond acceptors (Lipinski definition) is 5. The maximum absolute atomic E-state index is 12.9. The predicted molar refractivity (Wildman–Crippen MR) is 120 cm³/mol. The van der Waals surface area contributed by atoms with Crippen LogP contribution < -0.4 is 21.8 Å². The second-order valence-corrected chi connectivity index (χ2v) is 8.23. The average Bonchev–Trinajstić information content (AvgIpc) is 3.13. The molecule has 31 heavy (non-hydrogen) atoms. The number of likely N-dealkylation sites (tertiary alicyclic amines) is 1. The summed E-state index contributed by atoms with van der Waals surface area (Å²) in [7, 11) is 0. The number of carbonyl (C=O) groups is 3. The summed E-state index contributed by atoms with van der Waals surface area (Å²) >= 11 is 3.27. The van der Waals surface area contributed by atoms with Crippen LogP contribution in [0.15, 0.2) is 47.1 Å². The highest BCUT2D eigenvalue weighted by atomic mass is 79.9. The minimum absolute atomic E-state index is 0.0608. The van der Waals surface area contributed by atoms with Gasteiger partial charge in [-0.05, 0) is 52.5 Å². The van der Waals surface area contributed by atoms with Crippen molar-refractivity contribution < 1.29 is 19.8 Å². The SMILES string of the molecule is C[C@H]1C[C@@H](C(=O)Nc2cccc(Br)n2)N(C(=O)CNc2ccccc2C(=[NH2+])C(N)=O)C1. The number of para-hydroxylation sites is 1. The van der Waals surface area contributed by atoms with E-state index < -0.39 is 11.9 Å². The van der Waals surface area contributed by atoms with Gasteiger partial charge in [-0.15, -0.1) is 0 Å². The van der Waals surface area contributed by atoms with Crippen LogP contribution in [-0.2, 0) is 14.4 Å². The Morgan fingerprint density at radius 2 is 1.97 bits per heavy atom. The van der Waals surface area contributed by atoms with E-state index in [-0.39, 0.29) is 30.0 Å². The molecule has 2 heterocycles. The van der Waals surface area contributed by atoms with Crippen LogP contribution >= 0.6 is 15.9 Å². The summed E-state index contributed by atoms with van der Waals surface area (Å²) in [6, 6.07) is 11.4. The number of nitrogens with one attached hydrogen (secondary N) is 2. The maximum Gasteiger partial charge on any atom is 0.313 e. The number of anilines is 2. The molecule has 1 aromatic carbocycles. The fraction of sp³-hybridized carbons (Fsp3) is 0.286. The summed E-state index contributed by atoms with van der Waals surface area (Å²) in [5.41, 5.74) is 6.12. The third kappa shape index (κ3) is 5.46. The highest BCUT2D eigenvalue weighted by molar-refractivity contribution is 9.10. The van der Waals surface area contributed by atoms with Gasteiger partial charge in [0.15, 0.2) is 0 Å².